The predicted molar refractivity (Wildman–Crippen MR) is 53.0 cm³/mol. The third-order valence-electron chi connectivity index (χ3n) is 2.30. The Morgan fingerprint density at radius 2 is 2.62 bits per heavy atom. The molecule has 5 heteroatoms. The molecule has 1 fully saturated rings. The third kappa shape index (κ3) is 1.58. The van der Waals surface area contributed by atoms with Crippen molar-refractivity contribution in [2.45, 2.75) is 12.5 Å². The summed E-state index contributed by atoms with van der Waals surface area (Å²) < 4.78 is 8.04. The number of halogens is 1. The summed E-state index contributed by atoms with van der Waals surface area (Å²) in [5.41, 5.74) is 0. The number of nitrogens with one attached hydrogen (secondary N) is 1. The number of hydrogen-bond acceptors (Lipinski definition) is 3. The van der Waals surface area contributed by atoms with Crippen molar-refractivity contribution in [2.24, 2.45) is 0 Å². The molecule has 1 atom stereocenters. The summed E-state index contributed by atoms with van der Waals surface area (Å²) in [5, 5.41) is 7.58. The van der Waals surface area contributed by atoms with Gasteiger partial charge in [0.2, 0.25) is 0 Å². The Hall–Kier alpha value is -0.550. The van der Waals surface area contributed by atoms with Gasteiger partial charge < -0.3 is 10.1 Å². The summed E-state index contributed by atoms with van der Waals surface area (Å²) in [6.07, 6.45) is 2.87. The lowest BCUT2D eigenvalue weighted by Crippen LogP contribution is -2.14. The molecular formula is C8H12BrN3O. The number of hydrogen-bond donors (Lipinski definition) is 1. The standard InChI is InChI=1S/C8H12BrN3O/c1-13-7-5-11-12(8(7)9)6-2-3-10-4-6/h5-6,10H,2-4H2,1H3. The number of ether oxygens (including phenoxy) is 1. The molecule has 1 aromatic rings. The molecule has 0 aromatic carbocycles. The first-order valence-corrected chi connectivity index (χ1v) is 5.10. The average Bonchev–Trinajstić information content (AvgIpc) is 2.72. The van der Waals surface area contributed by atoms with Gasteiger partial charge in [0.05, 0.1) is 19.3 Å². The monoisotopic (exact) mass is 245 g/mol. The highest BCUT2D eigenvalue weighted by Crippen LogP contribution is 2.28. The highest BCUT2D eigenvalue weighted by Gasteiger charge is 2.20. The molecule has 1 unspecified atom stereocenters. The van der Waals surface area contributed by atoms with Crippen LogP contribution in [0.2, 0.25) is 0 Å². The summed E-state index contributed by atoms with van der Waals surface area (Å²) >= 11 is 3.47. The number of aromatic nitrogens is 2. The summed E-state index contributed by atoms with van der Waals surface area (Å²) in [6, 6.07) is 0.457. The Balaban J connectivity index is 2.24. The van der Waals surface area contributed by atoms with Gasteiger partial charge in [0.1, 0.15) is 4.60 Å². The van der Waals surface area contributed by atoms with Crippen molar-refractivity contribution in [3.05, 3.63) is 10.8 Å². The molecule has 13 heavy (non-hydrogen) atoms. The van der Waals surface area contributed by atoms with E-state index in [1.807, 2.05) is 4.68 Å². The van der Waals surface area contributed by atoms with Gasteiger partial charge in [0.25, 0.3) is 0 Å². The van der Waals surface area contributed by atoms with E-state index in [-0.39, 0.29) is 0 Å². The molecule has 0 amide bonds. The summed E-state index contributed by atoms with van der Waals surface area (Å²) in [6.45, 7) is 2.06. The zero-order valence-electron chi connectivity index (χ0n) is 7.46. The van der Waals surface area contributed by atoms with Crippen LogP contribution in [0.5, 0.6) is 5.75 Å². The quantitative estimate of drug-likeness (QED) is 0.851. The van der Waals surface area contributed by atoms with Gasteiger partial charge in [0.15, 0.2) is 5.75 Å². The highest BCUT2D eigenvalue weighted by molar-refractivity contribution is 9.10. The van der Waals surface area contributed by atoms with Crippen LogP contribution in [0.25, 0.3) is 0 Å². The summed E-state index contributed by atoms with van der Waals surface area (Å²) in [4.78, 5) is 0. The Morgan fingerprint density at radius 1 is 1.77 bits per heavy atom. The van der Waals surface area contributed by atoms with Gasteiger partial charge in [-0.25, -0.2) is 0 Å². The fraction of sp³-hybridized carbons (Fsp3) is 0.625. The molecule has 2 heterocycles. The SMILES string of the molecule is COc1cnn(C2CCNC2)c1Br. The first kappa shape index (κ1) is 9.02. The second-order valence-electron chi connectivity index (χ2n) is 3.09. The van der Waals surface area contributed by atoms with Crippen molar-refractivity contribution in [1.82, 2.24) is 15.1 Å². The number of rotatable bonds is 2. The van der Waals surface area contributed by atoms with Crippen molar-refractivity contribution < 1.29 is 4.74 Å². The fourth-order valence-electron chi connectivity index (χ4n) is 1.57. The van der Waals surface area contributed by atoms with Gasteiger partial charge in [-0.2, -0.15) is 5.10 Å². The molecule has 1 aliphatic rings. The third-order valence-corrected chi connectivity index (χ3v) is 3.06. The van der Waals surface area contributed by atoms with Gasteiger partial charge in [0, 0.05) is 6.54 Å². The van der Waals surface area contributed by atoms with E-state index in [1.165, 1.54) is 0 Å². The Morgan fingerprint density at radius 3 is 3.15 bits per heavy atom. The van der Waals surface area contributed by atoms with Crippen LogP contribution in [0, 0.1) is 0 Å². The fourth-order valence-corrected chi connectivity index (χ4v) is 2.22. The molecule has 0 aliphatic carbocycles. The average molecular weight is 246 g/mol. The van der Waals surface area contributed by atoms with Crippen molar-refractivity contribution >= 4 is 15.9 Å². The lowest BCUT2D eigenvalue weighted by atomic mass is 10.3. The van der Waals surface area contributed by atoms with E-state index in [2.05, 4.69) is 26.3 Å². The van der Waals surface area contributed by atoms with Crippen LogP contribution in [0.3, 0.4) is 0 Å². The summed E-state index contributed by atoms with van der Waals surface area (Å²) in [7, 11) is 1.65. The van der Waals surface area contributed by atoms with Crippen LogP contribution in [0.1, 0.15) is 12.5 Å². The second-order valence-corrected chi connectivity index (χ2v) is 3.85. The molecule has 4 nitrogen and oxygen atoms in total. The largest absolute Gasteiger partial charge is 0.492 e. The van der Waals surface area contributed by atoms with Crippen LogP contribution in [0.4, 0.5) is 0 Å². The maximum Gasteiger partial charge on any atom is 0.171 e. The van der Waals surface area contributed by atoms with E-state index >= 15 is 0 Å². The minimum absolute atomic E-state index is 0.457. The molecule has 1 N–H and O–H groups in total. The maximum absolute atomic E-state index is 5.13. The molecule has 0 saturated carbocycles. The molecule has 0 radical (unpaired) electrons. The topological polar surface area (TPSA) is 39.1 Å². The lowest BCUT2D eigenvalue weighted by Gasteiger charge is -2.10. The molecule has 0 bridgehead atoms. The van der Waals surface area contributed by atoms with Crippen LogP contribution in [-0.4, -0.2) is 30.0 Å². The first-order valence-electron chi connectivity index (χ1n) is 4.30. The maximum atomic E-state index is 5.13. The Bertz CT molecular complexity index is 294. The van der Waals surface area contributed by atoms with Crippen molar-refractivity contribution in [1.29, 1.82) is 0 Å². The molecule has 2 rings (SSSR count). The minimum atomic E-state index is 0.457. The van der Waals surface area contributed by atoms with E-state index in [0.29, 0.717) is 6.04 Å². The van der Waals surface area contributed by atoms with Crippen molar-refractivity contribution in [2.75, 3.05) is 20.2 Å². The first-order chi connectivity index (χ1) is 6.33. The minimum Gasteiger partial charge on any atom is -0.492 e. The highest BCUT2D eigenvalue weighted by atomic mass is 79.9. The number of methoxy groups -OCH3 is 1. The number of nitrogens with zero attached hydrogens (tertiary/aromatic N) is 2. The van der Waals surface area contributed by atoms with E-state index < -0.39 is 0 Å². The normalized spacial score (nSPS) is 22.2. The van der Waals surface area contributed by atoms with Crippen LogP contribution >= 0.6 is 15.9 Å². The van der Waals surface area contributed by atoms with Crippen LogP contribution in [-0.2, 0) is 0 Å². The predicted octanol–water partition coefficient (Wildman–Crippen LogP) is 1.19. The van der Waals surface area contributed by atoms with Gasteiger partial charge in [-0.3, -0.25) is 4.68 Å². The smallest absolute Gasteiger partial charge is 0.171 e. The molecular weight excluding hydrogens is 234 g/mol. The van der Waals surface area contributed by atoms with E-state index in [4.69, 9.17) is 4.74 Å². The van der Waals surface area contributed by atoms with E-state index in [1.54, 1.807) is 13.3 Å². The van der Waals surface area contributed by atoms with Gasteiger partial charge in [-0.15, -0.1) is 0 Å². The van der Waals surface area contributed by atoms with Crippen molar-refractivity contribution in [3.8, 4) is 5.75 Å². The summed E-state index contributed by atoms with van der Waals surface area (Å²) in [5.74, 6) is 0.798. The molecule has 1 aliphatic heterocycles. The molecule has 0 spiro atoms. The molecule has 1 aromatic heterocycles. The molecule has 1 saturated heterocycles. The molecule has 72 valence electrons. The zero-order valence-corrected chi connectivity index (χ0v) is 9.04. The van der Waals surface area contributed by atoms with E-state index in [0.717, 1.165) is 29.9 Å². The zero-order chi connectivity index (χ0) is 9.26. The van der Waals surface area contributed by atoms with Crippen LogP contribution < -0.4 is 10.1 Å². The van der Waals surface area contributed by atoms with Gasteiger partial charge in [-0.05, 0) is 28.9 Å². The van der Waals surface area contributed by atoms with Crippen molar-refractivity contribution in [3.63, 3.8) is 0 Å². The van der Waals surface area contributed by atoms with Crippen LogP contribution in [0.15, 0.2) is 10.8 Å². The van der Waals surface area contributed by atoms with Gasteiger partial charge in [-0.1, -0.05) is 0 Å². The van der Waals surface area contributed by atoms with E-state index in [9.17, 15) is 0 Å². The Labute approximate surface area is 85.4 Å². The lowest BCUT2D eigenvalue weighted by molar-refractivity contribution is 0.406. The Kier molecular flexibility index (Phi) is 2.55. The van der Waals surface area contributed by atoms with Gasteiger partial charge >= 0.3 is 0 Å². The second kappa shape index (κ2) is 3.67.